The van der Waals surface area contributed by atoms with Gasteiger partial charge in [0, 0.05) is 19.1 Å². The molecule has 2 N–H and O–H groups in total. The molecular weight excluding hydrogens is 214 g/mol. The number of unbranched alkanes of at least 4 members (excludes halogenated alkanes) is 3. The molecule has 0 spiro atoms. The van der Waals surface area contributed by atoms with Crippen LogP contribution in [0.3, 0.4) is 0 Å². The molecule has 0 aliphatic heterocycles. The van der Waals surface area contributed by atoms with Crippen LogP contribution < -0.4 is 5.32 Å². The second kappa shape index (κ2) is 11.9. The predicted molar refractivity (Wildman–Crippen MR) is 71.9 cm³/mol. The first-order valence-corrected chi connectivity index (χ1v) is 7.14. The monoisotopic (exact) mass is 243 g/mol. The minimum atomic E-state index is 0.211. The molecule has 0 bridgehead atoms. The van der Waals surface area contributed by atoms with Crippen LogP contribution in [-0.2, 0) is 4.79 Å². The Morgan fingerprint density at radius 1 is 1.06 bits per heavy atom. The van der Waals surface area contributed by atoms with Crippen molar-refractivity contribution in [2.75, 3.05) is 13.2 Å². The summed E-state index contributed by atoms with van der Waals surface area (Å²) in [6.07, 6.45) is 8.21. The number of hydrogen-bond donors (Lipinski definition) is 2. The molecule has 0 unspecified atom stereocenters. The van der Waals surface area contributed by atoms with E-state index in [9.17, 15) is 4.79 Å². The van der Waals surface area contributed by atoms with E-state index in [0.717, 1.165) is 57.9 Å². The lowest BCUT2D eigenvalue weighted by Gasteiger charge is -2.15. The fourth-order valence-electron chi connectivity index (χ4n) is 2.05. The van der Waals surface area contributed by atoms with Gasteiger partial charge in [-0.15, -0.1) is 0 Å². The van der Waals surface area contributed by atoms with Crippen LogP contribution in [0.4, 0.5) is 0 Å². The van der Waals surface area contributed by atoms with Crippen molar-refractivity contribution in [1.29, 1.82) is 0 Å². The number of aliphatic hydroxyl groups excluding tert-OH is 1. The highest BCUT2D eigenvalue weighted by molar-refractivity contribution is 5.78. The van der Waals surface area contributed by atoms with Crippen LogP contribution in [0.2, 0.25) is 0 Å². The Morgan fingerprint density at radius 2 is 1.65 bits per heavy atom. The van der Waals surface area contributed by atoms with Crippen molar-refractivity contribution < 1.29 is 9.90 Å². The number of rotatable bonds is 11. The van der Waals surface area contributed by atoms with Gasteiger partial charge in [0.15, 0.2) is 0 Å². The lowest BCUT2D eigenvalue weighted by atomic mass is 9.97. The smallest absolute Gasteiger partial charge is 0.223 e. The summed E-state index contributed by atoms with van der Waals surface area (Å²) in [5.74, 6) is 0.443. The summed E-state index contributed by atoms with van der Waals surface area (Å²) in [5.41, 5.74) is 0. The number of aliphatic hydroxyl groups is 1. The van der Waals surface area contributed by atoms with Crippen molar-refractivity contribution in [2.45, 2.75) is 65.2 Å². The van der Waals surface area contributed by atoms with Crippen LogP contribution in [-0.4, -0.2) is 24.2 Å². The van der Waals surface area contributed by atoms with Crippen molar-refractivity contribution in [3.05, 3.63) is 0 Å². The number of nitrogens with one attached hydrogen (secondary N) is 1. The quantitative estimate of drug-likeness (QED) is 0.548. The Balaban J connectivity index is 3.59. The molecule has 0 aromatic heterocycles. The standard InChI is InChI=1S/C14H29NO2/c1-3-9-13(10-4-2)14(17)15-11-7-5-6-8-12-16/h13,16H,3-12H2,1-2H3,(H,15,17). The SMILES string of the molecule is CCCC(CCC)C(=O)NCCCCCCO. The summed E-state index contributed by atoms with van der Waals surface area (Å²) in [6.45, 7) is 5.32. The molecule has 0 radical (unpaired) electrons. The minimum absolute atomic E-state index is 0.211. The average molecular weight is 243 g/mol. The van der Waals surface area contributed by atoms with Gasteiger partial charge in [-0.3, -0.25) is 4.79 Å². The molecule has 0 aromatic rings. The van der Waals surface area contributed by atoms with E-state index < -0.39 is 0 Å². The van der Waals surface area contributed by atoms with Crippen molar-refractivity contribution in [3.8, 4) is 0 Å². The van der Waals surface area contributed by atoms with Crippen molar-refractivity contribution >= 4 is 5.91 Å². The fraction of sp³-hybridized carbons (Fsp3) is 0.929. The van der Waals surface area contributed by atoms with Gasteiger partial charge in [-0.25, -0.2) is 0 Å². The van der Waals surface area contributed by atoms with Gasteiger partial charge in [-0.2, -0.15) is 0 Å². The topological polar surface area (TPSA) is 49.3 Å². The second-order valence-corrected chi connectivity index (χ2v) is 4.70. The van der Waals surface area contributed by atoms with Crippen LogP contribution in [0.1, 0.15) is 65.2 Å². The van der Waals surface area contributed by atoms with E-state index in [1.54, 1.807) is 0 Å². The van der Waals surface area contributed by atoms with Crippen LogP contribution in [0.25, 0.3) is 0 Å². The number of hydrogen-bond acceptors (Lipinski definition) is 2. The third kappa shape index (κ3) is 9.16. The van der Waals surface area contributed by atoms with E-state index in [2.05, 4.69) is 19.2 Å². The van der Waals surface area contributed by atoms with Crippen LogP contribution in [0.5, 0.6) is 0 Å². The summed E-state index contributed by atoms with van der Waals surface area (Å²) in [6, 6.07) is 0. The molecule has 1 amide bonds. The first-order valence-electron chi connectivity index (χ1n) is 7.14. The fourth-order valence-corrected chi connectivity index (χ4v) is 2.05. The zero-order chi connectivity index (χ0) is 12.9. The zero-order valence-corrected chi connectivity index (χ0v) is 11.5. The van der Waals surface area contributed by atoms with Gasteiger partial charge in [0.25, 0.3) is 0 Å². The first-order chi connectivity index (χ1) is 8.26. The molecule has 17 heavy (non-hydrogen) atoms. The Hall–Kier alpha value is -0.570. The summed E-state index contributed by atoms with van der Waals surface area (Å²) in [5, 5.41) is 11.7. The van der Waals surface area contributed by atoms with E-state index in [1.165, 1.54) is 0 Å². The Labute approximate surface area is 106 Å². The van der Waals surface area contributed by atoms with E-state index in [4.69, 9.17) is 5.11 Å². The maximum absolute atomic E-state index is 11.9. The predicted octanol–water partition coefficient (Wildman–Crippen LogP) is 2.87. The van der Waals surface area contributed by atoms with Gasteiger partial charge in [0.05, 0.1) is 0 Å². The molecular formula is C14H29NO2. The molecule has 3 heteroatoms. The highest BCUT2D eigenvalue weighted by Gasteiger charge is 2.15. The maximum Gasteiger partial charge on any atom is 0.223 e. The molecule has 0 heterocycles. The number of carbonyl (C=O) groups excluding carboxylic acids is 1. The molecule has 0 aliphatic carbocycles. The second-order valence-electron chi connectivity index (χ2n) is 4.70. The van der Waals surface area contributed by atoms with E-state index in [0.29, 0.717) is 0 Å². The summed E-state index contributed by atoms with van der Waals surface area (Å²) in [7, 11) is 0. The number of amides is 1. The maximum atomic E-state index is 11.9. The third-order valence-corrected chi connectivity index (χ3v) is 3.03. The lowest BCUT2D eigenvalue weighted by Crippen LogP contribution is -2.31. The summed E-state index contributed by atoms with van der Waals surface area (Å²) >= 11 is 0. The van der Waals surface area contributed by atoms with Crippen LogP contribution >= 0.6 is 0 Å². The molecule has 102 valence electrons. The number of carbonyl (C=O) groups is 1. The van der Waals surface area contributed by atoms with Crippen molar-refractivity contribution in [2.24, 2.45) is 5.92 Å². The van der Waals surface area contributed by atoms with E-state index in [1.807, 2.05) is 0 Å². The van der Waals surface area contributed by atoms with Crippen molar-refractivity contribution in [1.82, 2.24) is 5.32 Å². The minimum Gasteiger partial charge on any atom is -0.396 e. The summed E-state index contributed by atoms with van der Waals surface area (Å²) in [4.78, 5) is 11.9. The van der Waals surface area contributed by atoms with Gasteiger partial charge in [0.2, 0.25) is 5.91 Å². The molecule has 0 aromatic carbocycles. The molecule has 0 atom stereocenters. The van der Waals surface area contributed by atoms with Gasteiger partial charge in [-0.05, 0) is 25.7 Å². The molecule has 3 nitrogen and oxygen atoms in total. The zero-order valence-electron chi connectivity index (χ0n) is 11.5. The van der Waals surface area contributed by atoms with Gasteiger partial charge < -0.3 is 10.4 Å². The third-order valence-electron chi connectivity index (χ3n) is 3.03. The first kappa shape index (κ1) is 16.4. The molecule has 0 saturated carbocycles. The largest absolute Gasteiger partial charge is 0.396 e. The van der Waals surface area contributed by atoms with Crippen molar-refractivity contribution in [3.63, 3.8) is 0 Å². The van der Waals surface area contributed by atoms with E-state index in [-0.39, 0.29) is 18.4 Å². The molecule has 0 fully saturated rings. The average Bonchev–Trinajstić information content (AvgIpc) is 2.33. The Bertz CT molecular complexity index is 177. The van der Waals surface area contributed by atoms with Gasteiger partial charge in [0.1, 0.15) is 0 Å². The summed E-state index contributed by atoms with van der Waals surface area (Å²) < 4.78 is 0. The molecule has 0 rings (SSSR count). The molecule has 0 aliphatic rings. The molecule has 0 saturated heterocycles. The highest BCUT2D eigenvalue weighted by atomic mass is 16.2. The van der Waals surface area contributed by atoms with Crippen LogP contribution in [0.15, 0.2) is 0 Å². The van der Waals surface area contributed by atoms with Crippen LogP contribution in [0, 0.1) is 5.92 Å². The highest BCUT2D eigenvalue weighted by Crippen LogP contribution is 2.13. The van der Waals surface area contributed by atoms with Gasteiger partial charge in [-0.1, -0.05) is 39.5 Å². The Kier molecular flexibility index (Phi) is 11.5. The lowest BCUT2D eigenvalue weighted by molar-refractivity contribution is -0.125. The van der Waals surface area contributed by atoms with Gasteiger partial charge >= 0.3 is 0 Å². The normalized spacial score (nSPS) is 10.8. The van der Waals surface area contributed by atoms with E-state index >= 15 is 0 Å². The Morgan fingerprint density at radius 3 is 2.18 bits per heavy atom.